The quantitative estimate of drug-likeness (QED) is 0.920. The van der Waals surface area contributed by atoms with Gasteiger partial charge in [-0.2, -0.15) is 0 Å². The van der Waals surface area contributed by atoms with E-state index in [4.69, 9.17) is 4.74 Å². The summed E-state index contributed by atoms with van der Waals surface area (Å²) < 4.78 is 5.25. The fourth-order valence-electron chi connectivity index (χ4n) is 4.18. The minimum absolute atomic E-state index is 0.195. The Balaban J connectivity index is 1.95. The zero-order valence-corrected chi connectivity index (χ0v) is 12.7. The number of methoxy groups -OCH3 is 1. The van der Waals surface area contributed by atoms with E-state index in [9.17, 15) is 5.11 Å². The number of hydrogen-bond acceptors (Lipinski definition) is 3. The normalized spacial score (nSPS) is 33.0. The van der Waals surface area contributed by atoms with Gasteiger partial charge in [-0.1, -0.05) is 19.9 Å². The molecule has 1 aliphatic heterocycles. The molecule has 0 amide bonds. The fourth-order valence-corrected chi connectivity index (χ4v) is 4.18. The van der Waals surface area contributed by atoms with E-state index in [1.807, 2.05) is 12.1 Å². The van der Waals surface area contributed by atoms with E-state index < -0.39 is 0 Å². The topological polar surface area (TPSA) is 32.7 Å². The lowest BCUT2D eigenvalue weighted by molar-refractivity contribution is 0.0156. The van der Waals surface area contributed by atoms with Gasteiger partial charge in [-0.15, -0.1) is 0 Å². The zero-order chi connectivity index (χ0) is 14.3. The van der Waals surface area contributed by atoms with Crippen molar-refractivity contribution in [1.29, 1.82) is 0 Å². The molecule has 3 nitrogen and oxygen atoms in total. The van der Waals surface area contributed by atoms with Crippen LogP contribution in [0.2, 0.25) is 0 Å². The molecule has 0 radical (unpaired) electrons. The Labute approximate surface area is 121 Å². The third-order valence-electron chi connectivity index (χ3n) is 5.69. The molecule has 1 N–H and O–H groups in total. The van der Waals surface area contributed by atoms with Crippen LogP contribution in [0.15, 0.2) is 18.2 Å². The van der Waals surface area contributed by atoms with Crippen molar-refractivity contribution >= 4 is 0 Å². The van der Waals surface area contributed by atoms with E-state index in [0.29, 0.717) is 17.7 Å². The highest BCUT2D eigenvalue weighted by atomic mass is 16.5. The molecule has 2 bridgehead atoms. The Kier molecular flexibility index (Phi) is 3.51. The number of ether oxygens (including phenoxy) is 1. The maximum absolute atomic E-state index is 9.83. The largest absolute Gasteiger partial charge is 0.508 e. The predicted octanol–water partition coefficient (Wildman–Crippen LogP) is 2.56. The Bertz CT molecular complexity index is 502. The number of piperidine rings is 1. The maximum Gasteiger partial charge on any atom is 0.115 e. The second-order valence-electron chi connectivity index (χ2n) is 6.60. The molecule has 3 heteroatoms. The van der Waals surface area contributed by atoms with Gasteiger partial charge in [0, 0.05) is 19.7 Å². The minimum Gasteiger partial charge on any atom is -0.508 e. The number of rotatable bonds is 3. The van der Waals surface area contributed by atoms with E-state index in [2.05, 4.69) is 24.8 Å². The number of hydrogen-bond donors (Lipinski definition) is 1. The first kappa shape index (κ1) is 13.9. The van der Waals surface area contributed by atoms with Crippen molar-refractivity contribution in [3.63, 3.8) is 0 Å². The van der Waals surface area contributed by atoms with Crippen LogP contribution in [-0.2, 0) is 16.6 Å². The third-order valence-corrected chi connectivity index (χ3v) is 5.69. The number of fused-ring (bicyclic) bond motifs is 4. The van der Waals surface area contributed by atoms with Crippen LogP contribution >= 0.6 is 0 Å². The Morgan fingerprint density at radius 1 is 1.45 bits per heavy atom. The summed E-state index contributed by atoms with van der Waals surface area (Å²) in [5.41, 5.74) is 2.98. The molecule has 0 aromatic heterocycles. The maximum atomic E-state index is 9.83. The summed E-state index contributed by atoms with van der Waals surface area (Å²) in [4.78, 5) is 2.59. The molecule has 0 saturated carbocycles. The lowest BCUT2D eigenvalue weighted by atomic mass is 9.59. The third kappa shape index (κ3) is 2.04. The molecular formula is C17H25NO2. The molecule has 3 atom stereocenters. The zero-order valence-electron chi connectivity index (χ0n) is 12.7. The van der Waals surface area contributed by atoms with Gasteiger partial charge in [0.25, 0.3) is 0 Å². The monoisotopic (exact) mass is 275 g/mol. The van der Waals surface area contributed by atoms with Crippen molar-refractivity contribution < 1.29 is 9.84 Å². The van der Waals surface area contributed by atoms with Crippen molar-refractivity contribution in [3.8, 4) is 5.75 Å². The molecule has 3 rings (SSSR count). The van der Waals surface area contributed by atoms with E-state index in [0.717, 1.165) is 32.5 Å². The van der Waals surface area contributed by atoms with Gasteiger partial charge in [-0.05, 0) is 54.0 Å². The van der Waals surface area contributed by atoms with Gasteiger partial charge >= 0.3 is 0 Å². The molecule has 0 spiro atoms. The summed E-state index contributed by atoms with van der Waals surface area (Å²) in [6, 6.07) is 6.53. The molecular weight excluding hydrogens is 250 g/mol. The molecule has 1 aromatic rings. The van der Waals surface area contributed by atoms with E-state index in [1.54, 1.807) is 7.11 Å². The van der Waals surface area contributed by atoms with Crippen molar-refractivity contribution in [2.24, 2.45) is 5.92 Å². The summed E-state index contributed by atoms with van der Waals surface area (Å²) in [6.07, 6.45) is 2.25. The average Bonchev–Trinajstić information content (AvgIpc) is 2.43. The van der Waals surface area contributed by atoms with Crippen LogP contribution in [0, 0.1) is 5.92 Å². The molecule has 3 unspecified atom stereocenters. The first-order chi connectivity index (χ1) is 9.56. The highest BCUT2D eigenvalue weighted by Gasteiger charge is 2.48. The van der Waals surface area contributed by atoms with Crippen LogP contribution in [0.5, 0.6) is 5.75 Å². The molecule has 1 aromatic carbocycles. The van der Waals surface area contributed by atoms with Gasteiger partial charge in [0.15, 0.2) is 0 Å². The number of likely N-dealkylation sites (tertiary alicyclic amines) is 1. The molecule has 110 valence electrons. The smallest absolute Gasteiger partial charge is 0.115 e. The van der Waals surface area contributed by atoms with Crippen molar-refractivity contribution in [3.05, 3.63) is 29.3 Å². The van der Waals surface area contributed by atoms with Gasteiger partial charge in [-0.3, -0.25) is 4.90 Å². The van der Waals surface area contributed by atoms with Crippen molar-refractivity contribution in [2.75, 3.05) is 26.8 Å². The molecule has 20 heavy (non-hydrogen) atoms. The van der Waals surface area contributed by atoms with E-state index in [1.165, 1.54) is 11.1 Å². The Hall–Kier alpha value is -1.06. The molecule has 2 aliphatic rings. The van der Waals surface area contributed by atoms with Crippen molar-refractivity contribution in [1.82, 2.24) is 4.90 Å². The first-order valence-electron chi connectivity index (χ1n) is 7.61. The fraction of sp³-hybridized carbons (Fsp3) is 0.647. The Morgan fingerprint density at radius 3 is 3.00 bits per heavy atom. The van der Waals surface area contributed by atoms with Gasteiger partial charge < -0.3 is 9.84 Å². The first-order valence-corrected chi connectivity index (χ1v) is 7.61. The van der Waals surface area contributed by atoms with Crippen LogP contribution in [0.25, 0.3) is 0 Å². The standard InChI is InChI=1S/C17H25NO2/c1-12-16-10-13-4-5-14(19)11-15(13)17(12,2)6-7-18(16)8-9-20-3/h4-5,11-12,16,19H,6-10H2,1-3H3. The van der Waals surface area contributed by atoms with Gasteiger partial charge in [0.1, 0.15) is 5.75 Å². The van der Waals surface area contributed by atoms with Crippen LogP contribution < -0.4 is 0 Å². The highest BCUT2D eigenvalue weighted by molar-refractivity contribution is 5.44. The highest BCUT2D eigenvalue weighted by Crippen LogP contribution is 2.49. The predicted molar refractivity (Wildman–Crippen MR) is 80.2 cm³/mol. The number of phenols is 1. The van der Waals surface area contributed by atoms with Gasteiger partial charge in [-0.25, -0.2) is 0 Å². The molecule has 1 saturated heterocycles. The average molecular weight is 275 g/mol. The number of benzene rings is 1. The summed E-state index contributed by atoms with van der Waals surface area (Å²) in [6.45, 7) is 7.70. The van der Waals surface area contributed by atoms with Crippen LogP contribution in [0.4, 0.5) is 0 Å². The van der Waals surface area contributed by atoms with Crippen LogP contribution in [0.1, 0.15) is 31.4 Å². The van der Waals surface area contributed by atoms with Crippen molar-refractivity contribution in [2.45, 2.75) is 38.1 Å². The van der Waals surface area contributed by atoms with Crippen LogP contribution in [-0.4, -0.2) is 42.9 Å². The molecule has 1 fully saturated rings. The lowest BCUT2D eigenvalue weighted by Crippen LogP contribution is -2.58. The Morgan fingerprint density at radius 2 is 2.25 bits per heavy atom. The van der Waals surface area contributed by atoms with E-state index in [-0.39, 0.29) is 5.41 Å². The number of aromatic hydroxyl groups is 1. The summed E-state index contributed by atoms with van der Waals surface area (Å²) >= 11 is 0. The summed E-state index contributed by atoms with van der Waals surface area (Å²) in [7, 11) is 1.77. The summed E-state index contributed by atoms with van der Waals surface area (Å²) in [5.74, 6) is 1.01. The number of phenolic OH excluding ortho intramolecular Hbond substituents is 1. The lowest BCUT2D eigenvalue weighted by Gasteiger charge is -2.54. The second kappa shape index (κ2) is 5.05. The minimum atomic E-state index is 0.195. The SMILES string of the molecule is COCCN1CCC2(C)c3cc(O)ccc3CC1C2C. The van der Waals surface area contributed by atoms with Gasteiger partial charge in [0.2, 0.25) is 0 Å². The van der Waals surface area contributed by atoms with Gasteiger partial charge in [0.05, 0.1) is 6.61 Å². The second-order valence-corrected chi connectivity index (χ2v) is 6.60. The summed E-state index contributed by atoms with van der Waals surface area (Å²) in [5, 5.41) is 9.83. The molecule has 1 aliphatic carbocycles. The molecule has 1 heterocycles. The van der Waals surface area contributed by atoms with Crippen LogP contribution in [0.3, 0.4) is 0 Å². The van der Waals surface area contributed by atoms with E-state index >= 15 is 0 Å². The number of nitrogens with zero attached hydrogens (tertiary/aromatic N) is 1.